The third-order valence-electron chi connectivity index (χ3n) is 24.8. The van der Waals surface area contributed by atoms with Crippen LogP contribution in [0.2, 0.25) is 0 Å². The molecule has 4 atom stereocenters. The molecule has 12 amide bonds. The number of hydrogen-bond donors (Lipinski definition) is 4. The molecular weight excluding hydrogens is 1490 g/mol. The van der Waals surface area contributed by atoms with E-state index in [9.17, 15) is 38.4 Å². The van der Waals surface area contributed by atoms with Crippen LogP contribution in [0.15, 0.2) is 121 Å². The minimum absolute atomic E-state index is 0.109. The number of carbonyl (C=O) groups is 8. The Morgan fingerprint density at radius 1 is 0.412 bits per heavy atom. The molecule has 114 heavy (non-hydrogen) atoms. The van der Waals surface area contributed by atoms with Crippen molar-refractivity contribution in [2.75, 3.05) is 106 Å². The van der Waals surface area contributed by atoms with E-state index in [-0.39, 0.29) is 85.0 Å². The van der Waals surface area contributed by atoms with Crippen molar-refractivity contribution in [3.63, 3.8) is 0 Å². The van der Waals surface area contributed by atoms with E-state index >= 15 is 0 Å². The number of nitrogens with zero attached hydrogens (tertiary/aromatic N) is 14. The zero-order valence-electron chi connectivity index (χ0n) is 65.2. The highest BCUT2D eigenvalue weighted by Crippen LogP contribution is 2.41. The predicted octanol–water partition coefficient (Wildman–Crippen LogP) is 8.90. The molecule has 32 heteroatoms. The van der Waals surface area contributed by atoms with Gasteiger partial charge in [-0.05, 0) is 149 Å². The van der Waals surface area contributed by atoms with E-state index in [4.69, 9.17) is 18.9 Å². The number of hydrogen-bond acceptors (Lipinski definition) is 24. The van der Waals surface area contributed by atoms with E-state index in [1.807, 2.05) is 11.0 Å². The average molecular weight is 1590 g/mol. The van der Waals surface area contributed by atoms with Crippen LogP contribution in [0.4, 0.5) is 19.2 Å². The van der Waals surface area contributed by atoms with Crippen molar-refractivity contribution in [1.82, 2.24) is 90.4 Å². The number of ether oxygens (including phenoxy) is 4. The van der Waals surface area contributed by atoms with Crippen LogP contribution in [-0.4, -0.2) is 245 Å². The molecule has 14 heterocycles. The highest BCUT2D eigenvalue weighted by Gasteiger charge is 2.56. The van der Waals surface area contributed by atoms with Gasteiger partial charge in [0.05, 0.1) is 84.1 Å². The molecule has 10 aliphatic rings. The number of urea groups is 4. The largest absolute Gasteiger partial charge is 0.493 e. The summed E-state index contributed by atoms with van der Waals surface area (Å²) in [6.07, 6.45) is 16.3. The Kier molecular flexibility index (Phi) is 23.5. The van der Waals surface area contributed by atoms with Gasteiger partial charge in [-0.15, -0.1) is 22.7 Å². The van der Waals surface area contributed by atoms with Gasteiger partial charge in [0.25, 0.3) is 23.6 Å². The number of aromatic nitrogens is 6. The van der Waals surface area contributed by atoms with Crippen molar-refractivity contribution < 1.29 is 57.3 Å². The summed E-state index contributed by atoms with van der Waals surface area (Å²) in [6.45, 7) is 18.0. The summed E-state index contributed by atoms with van der Waals surface area (Å²) in [5.74, 6) is 1.49. The monoisotopic (exact) mass is 1590 g/mol. The number of fused-ring (bicyclic) bond motifs is 4. The second-order valence-electron chi connectivity index (χ2n) is 31.2. The molecule has 4 aromatic heterocycles. The first-order valence-electron chi connectivity index (χ1n) is 39.4. The molecule has 4 aromatic carbocycles. The lowest BCUT2D eigenvalue weighted by atomic mass is 9.86. The lowest BCUT2D eigenvalue weighted by Crippen LogP contribution is -2.55. The van der Waals surface area contributed by atoms with Crippen molar-refractivity contribution in [2.24, 2.45) is 0 Å². The van der Waals surface area contributed by atoms with Crippen LogP contribution in [-0.2, 0) is 54.6 Å². The molecule has 0 aliphatic carbocycles. The lowest BCUT2D eigenvalue weighted by molar-refractivity contribution is -0.134. The molecule has 10 aliphatic heterocycles. The second kappa shape index (κ2) is 33.8. The topological polar surface area (TPSA) is 325 Å². The number of carbonyl (C=O) groups excluding carboxylic acids is 8. The van der Waals surface area contributed by atoms with E-state index < -0.39 is 22.2 Å². The van der Waals surface area contributed by atoms with Gasteiger partial charge < -0.3 is 40.2 Å². The molecule has 0 bridgehead atoms. The smallest absolute Gasteiger partial charge is 0.325 e. The van der Waals surface area contributed by atoms with E-state index in [1.54, 1.807) is 61.7 Å². The van der Waals surface area contributed by atoms with Gasteiger partial charge in [0.1, 0.15) is 46.3 Å². The molecule has 0 unspecified atom stereocenters. The van der Waals surface area contributed by atoms with Gasteiger partial charge in [0, 0.05) is 140 Å². The molecule has 18 rings (SSSR count). The molecule has 30 nitrogen and oxygen atoms in total. The number of methoxy groups -OCH3 is 2. The number of amides is 12. The molecule has 8 fully saturated rings. The summed E-state index contributed by atoms with van der Waals surface area (Å²) in [5, 5.41) is 11.8. The summed E-state index contributed by atoms with van der Waals surface area (Å²) in [5.41, 5.74) is 11.6. The summed E-state index contributed by atoms with van der Waals surface area (Å²) in [4.78, 5) is 141. The van der Waals surface area contributed by atoms with E-state index in [2.05, 4.69) is 171 Å². The quantitative estimate of drug-likeness (QED) is 0.0582. The maximum atomic E-state index is 13.1. The first-order chi connectivity index (χ1) is 55.2. The summed E-state index contributed by atoms with van der Waals surface area (Å²) < 4.78 is 23.8. The molecule has 600 valence electrons. The standard InChI is InChI=1S/2C21H22N6O2S.2C20H27N3O4/c2*1-14(16-2-3-18-17(8-16)24-13-30-18)26-6-4-21(5-7-26)19(28)27(20(29)25-21)11-15-9-22-12-23-10-15;2*1-14(16-4-3-15-5-11-27-17(15)13-16)22-8-6-20(7-9-22)18(24)23(10-12-26-2)19(25)21-20/h2*2-3,8-10,12-14H,4-7,11H2,1H3,(H,25,29);2*3-4,13-14H,5-12H2,1-2H3,(H,21,25)/t4*14-/m1010/s1. The van der Waals surface area contributed by atoms with Crippen LogP contribution in [0.5, 0.6) is 11.5 Å². The Balaban J connectivity index is 0.000000120. The van der Waals surface area contributed by atoms with Crippen LogP contribution >= 0.6 is 22.7 Å². The van der Waals surface area contributed by atoms with Gasteiger partial charge in [-0.2, -0.15) is 0 Å². The number of imide groups is 4. The number of likely N-dealkylation sites (tertiary alicyclic amines) is 4. The number of thiazole rings is 2. The highest BCUT2D eigenvalue weighted by molar-refractivity contribution is 7.17. The summed E-state index contributed by atoms with van der Waals surface area (Å²) >= 11 is 3.28. The Morgan fingerprint density at radius 2 is 0.711 bits per heavy atom. The summed E-state index contributed by atoms with van der Waals surface area (Å²) in [6, 6.07) is 25.5. The van der Waals surface area contributed by atoms with Crippen LogP contribution in [0.1, 0.15) is 148 Å². The minimum atomic E-state index is -0.804. The van der Waals surface area contributed by atoms with Gasteiger partial charge in [-0.25, -0.2) is 49.1 Å². The van der Waals surface area contributed by atoms with Gasteiger partial charge in [0.2, 0.25) is 0 Å². The van der Waals surface area contributed by atoms with Gasteiger partial charge in [-0.1, -0.05) is 36.4 Å². The van der Waals surface area contributed by atoms with Crippen molar-refractivity contribution >= 4 is 90.9 Å². The van der Waals surface area contributed by atoms with E-state index in [0.717, 1.165) is 112 Å². The first kappa shape index (κ1) is 79.2. The Labute approximate surface area is 669 Å². The Bertz CT molecular complexity index is 4570. The zero-order valence-corrected chi connectivity index (χ0v) is 66.9. The maximum absolute atomic E-state index is 13.1. The molecule has 8 saturated heterocycles. The third kappa shape index (κ3) is 16.1. The van der Waals surface area contributed by atoms with Crippen molar-refractivity contribution in [1.29, 1.82) is 0 Å². The SMILES string of the molecule is COCCN1C(=O)NC2(CCN([C@@H](C)c3ccc4c(c3)OCC4)CC2)C1=O.COCCN1C(=O)NC2(CCN([C@H](C)c3ccc4c(c3)OCC4)CC2)C1=O.C[C@@H](c1ccc2scnc2c1)N1CCC2(CC1)NC(=O)N(Cc1cncnc1)C2=O.C[C@H](c1ccc2scnc2c1)N1CCC2(CC1)NC(=O)N(Cc1cncnc1)C2=O. The van der Waals surface area contributed by atoms with Gasteiger partial charge in [-0.3, -0.25) is 58.4 Å². The fourth-order valence-corrected chi connectivity index (χ4v) is 18.8. The highest BCUT2D eigenvalue weighted by atomic mass is 32.1. The van der Waals surface area contributed by atoms with Crippen LogP contribution in [0.3, 0.4) is 0 Å². The van der Waals surface area contributed by atoms with Crippen LogP contribution in [0.25, 0.3) is 20.4 Å². The molecule has 0 saturated carbocycles. The number of rotatable bonds is 18. The predicted molar refractivity (Wildman–Crippen MR) is 425 cm³/mol. The number of nitrogens with one attached hydrogen (secondary N) is 4. The van der Waals surface area contributed by atoms with Crippen LogP contribution in [0, 0.1) is 0 Å². The van der Waals surface area contributed by atoms with Crippen molar-refractivity contribution in [3.8, 4) is 11.5 Å². The summed E-state index contributed by atoms with van der Waals surface area (Å²) in [7, 11) is 3.14. The molecular formula is C82H98N18O12S2. The molecule has 0 radical (unpaired) electrons. The molecule has 4 spiro atoms. The van der Waals surface area contributed by atoms with Gasteiger partial charge in [0.15, 0.2) is 0 Å². The van der Waals surface area contributed by atoms with E-state index in [0.29, 0.717) is 77.7 Å². The Morgan fingerprint density at radius 3 is 1.04 bits per heavy atom. The van der Waals surface area contributed by atoms with Gasteiger partial charge >= 0.3 is 24.1 Å². The normalized spacial score (nSPS) is 21.3. The average Bonchev–Trinajstić information content (AvgIpc) is 1.63. The number of piperidine rings is 4. The second-order valence-corrected chi connectivity index (χ2v) is 32.9. The Hall–Kier alpha value is -10.1. The third-order valence-corrected chi connectivity index (χ3v) is 26.4. The fourth-order valence-electron chi connectivity index (χ4n) is 17.5. The minimum Gasteiger partial charge on any atom is -0.493 e. The van der Waals surface area contributed by atoms with E-state index in [1.165, 1.54) is 75.0 Å². The molecule has 4 N–H and O–H groups in total. The maximum Gasteiger partial charge on any atom is 0.325 e. The number of benzene rings is 4. The molecule has 8 aromatic rings. The fraction of sp³-hybridized carbons (Fsp3) is 0.488. The lowest BCUT2D eigenvalue weighted by Gasteiger charge is -2.40. The first-order valence-corrected chi connectivity index (χ1v) is 41.1. The van der Waals surface area contributed by atoms with Crippen molar-refractivity contribution in [2.45, 2.75) is 151 Å². The van der Waals surface area contributed by atoms with Crippen molar-refractivity contribution in [3.05, 3.63) is 166 Å². The van der Waals surface area contributed by atoms with Crippen LogP contribution < -0.4 is 30.7 Å². The zero-order chi connectivity index (χ0) is 79.5.